The summed E-state index contributed by atoms with van der Waals surface area (Å²) in [6.45, 7) is 0.637. The fourth-order valence-corrected chi connectivity index (χ4v) is 2.82. The molecule has 0 aliphatic carbocycles. The van der Waals surface area contributed by atoms with E-state index >= 15 is 0 Å². The molecule has 0 saturated heterocycles. The van der Waals surface area contributed by atoms with E-state index in [-0.39, 0.29) is 0 Å². The summed E-state index contributed by atoms with van der Waals surface area (Å²) in [5, 5.41) is 9.37. The monoisotopic (exact) mass is 276 g/mol. The molecule has 2 aromatic rings. The first-order valence-corrected chi connectivity index (χ1v) is 6.32. The molecule has 90 valence electrons. The number of rotatable bonds is 1. The molecule has 0 radical (unpaired) electrons. The number of hydrogen-bond donors (Lipinski definition) is 1. The van der Waals surface area contributed by atoms with Gasteiger partial charge in [-0.05, 0) is 17.7 Å². The molecular formula is C14H10Cl2N2. The Balaban J connectivity index is 2.10. The highest BCUT2D eigenvalue weighted by molar-refractivity contribution is 6.40. The van der Waals surface area contributed by atoms with Gasteiger partial charge in [-0.3, -0.25) is 5.41 Å². The topological polar surface area (TPSA) is 27.1 Å². The van der Waals surface area contributed by atoms with Crippen LogP contribution in [0.4, 0.5) is 5.69 Å². The highest BCUT2D eigenvalue weighted by atomic mass is 35.5. The van der Waals surface area contributed by atoms with Crippen LogP contribution in [-0.4, -0.2) is 5.84 Å². The average Bonchev–Trinajstić information content (AvgIpc) is 2.68. The normalized spacial score (nSPS) is 13.9. The molecule has 1 heterocycles. The van der Waals surface area contributed by atoms with Crippen molar-refractivity contribution in [1.82, 2.24) is 0 Å². The van der Waals surface area contributed by atoms with Gasteiger partial charge < -0.3 is 4.90 Å². The van der Waals surface area contributed by atoms with Crippen molar-refractivity contribution < 1.29 is 0 Å². The van der Waals surface area contributed by atoms with Crippen LogP contribution in [0, 0.1) is 5.41 Å². The van der Waals surface area contributed by atoms with Gasteiger partial charge >= 0.3 is 0 Å². The minimum atomic E-state index is 0.445. The van der Waals surface area contributed by atoms with Crippen LogP contribution in [0.2, 0.25) is 10.0 Å². The molecule has 4 heteroatoms. The Labute approximate surface area is 115 Å². The van der Waals surface area contributed by atoms with Gasteiger partial charge in [0.25, 0.3) is 0 Å². The van der Waals surface area contributed by atoms with Crippen LogP contribution in [0.15, 0.2) is 42.5 Å². The standard InChI is InChI=1S/C14H10Cl2N2/c15-11-6-3-7-12(16)13(11)18-8-9-4-1-2-5-10(9)14(18)17/h1-7,17H,8H2. The Hall–Kier alpha value is -1.51. The molecule has 1 N–H and O–H groups in total. The fraction of sp³-hybridized carbons (Fsp3) is 0.0714. The zero-order valence-electron chi connectivity index (χ0n) is 9.45. The molecule has 2 aromatic carbocycles. The molecule has 1 aliphatic rings. The first-order chi connectivity index (χ1) is 8.68. The van der Waals surface area contributed by atoms with E-state index in [1.807, 2.05) is 29.2 Å². The summed E-state index contributed by atoms with van der Waals surface area (Å²) in [5.74, 6) is 0.445. The first-order valence-electron chi connectivity index (χ1n) is 5.57. The molecule has 0 aromatic heterocycles. The van der Waals surface area contributed by atoms with Gasteiger partial charge in [0.2, 0.25) is 0 Å². The quantitative estimate of drug-likeness (QED) is 0.824. The third-order valence-electron chi connectivity index (χ3n) is 3.08. The van der Waals surface area contributed by atoms with Crippen molar-refractivity contribution in [1.29, 1.82) is 5.41 Å². The maximum atomic E-state index is 8.23. The number of benzene rings is 2. The van der Waals surface area contributed by atoms with Gasteiger partial charge in [-0.15, -0.1) is 0 Å². The van der Waals surface area contributed by atoms with Crippen molar-refractivity contribution in [2.75, 3.05) is 4.90 Å². The van der Waals surface area contributed by atoms with Crippen molar-refractivity contribution in [3.8, 4) is 0 Å². The summed E-state index contributed by atoms with van der Waals surface area (Å²) in [4.78, 5) is 1.84. The summed E-state index contributed by atoms with van der Waals surface area (Å²) in [5.41, 5.74) is 2.77. The van der Waals surface area contributed by atoms with E-state index in [4.69, 9.17) is 28.6 Å². The predicted octanol–water partition coefficient (Wildman–Crippen LogP) is 4.34. The molecule has 18 heavy (non-hydrogen) atoms. The lowest BCUT2D eigenvalue weighted by Crippen LogP contribution is -2.23. The second-order valence-corrected chi connectivity index (χ2v) is 4.98. The molecule has 0 unspecified atom stereocenters. The summed E-state index contributed by atoms with van der Waals surface area (Å²) >= 11 is 12.4. The average molecular weight is 277 g/mol. The van der Waals surface area contributed by atoms with Crippen molar-refractivity contribution in [2.24, 2.45) is 0 Å². The Bertz CT molecular complexity index is 617. The van der Waals surface area contributed by atoms with Crippen molar-refractivity contribution >= 4 is 34.7 Å². The molecule has 0 saturated carbocycles. The molecule has 0 fully saturated rings. The van der Waals surface area contributed by atoms with E-state index in [0.717, 1.165) is 11.1 Å². The number of hydrogen-bond acceptors (Lipinski definition) is 1. The summed E-state index contributed by atoms with van der Waals surface area (Å²) in [7, 11) is 0. The maximum absolute atomic E-state index is 8.23. The zero-order valence-corrected chi connectivity index (χ0v) is 11.0. The molecular weight excluding hydrogens is 267 g/mol. The summed E-state index contributed by atoms with van der Waals surface area (Å²) in [6.07, 6.45) is 0. The molecule has 3 rings (SSSR count). The van der Waals surface area contributed by atoms with Crippen LogP contribution in [0.25, 0.3) is 0 Å². The zero-order chi connectivity index (χ0) is 12.7. The largest absolute Gasteiger partial charge is 0.319 e. The van der Waals surface area contributed by atoms with Crippen LogP contribution in [0.1, 0.15) is 11.1 Å². The summed E-state index contributed by atoms with van der Waals surface area (Å²) < 4.78 is 0. The third kappa shape index (κ3) is 1.69. The number of halogens is 2. The molecule has 2 nitrogen and oxygen atoms in total. The number of para-hydroxylation sites is 1. The van der Waals surface area contributed by atoms with E-state index in [9.17, 15) is 0 Å². The van der Waals surface area contributed by atoms with E-state index in [1.165, 1.54) is 0 Å². The van der Waals surface area contributed by atoms with Gasteiger partial charge in [0.05, 0.1) is 22.3 Å². The van der Waals surface area contributed by atoms with Gasteiger partial charge in [-0.1, -0.05) is 53.5 Å². The number of fused-ring (bicyclic) bond motifs is 1. The molecule has 0 bridgehead atoms. The van der Waals surface area contributed by atoms with Gasteiger partial charge in [0.1, 0.15) is 5.84 Å². The molecule has 0 amide bonds. The van der Waals surface area contributed by atoms with Crippen molar-refractivity contribution in [3.05, 3.63) is 63.6 Å². The highest BCUT2D eigenvalue weighted by Crippen LogP contribution is 2.38. The van der Waals surface area contributed by atoms with E-state index < -0.39 is 0 Å². The second kappa shape index (κ2) is 4.30. The van der Waals surface area contributed by atoms with Crippen LogP contribution in [0.3, 0.4) is 0 Å². The SMILES string of the molecule is N=C1c2ccccc2CN1c1c(Cl)cccc1Cl. The second-order valence-electron chi connectivity index (χ2n) is 4.16. The van der Waals surface area contributed by atoms with E-state index in [1.54, 1.807) is 18.2 Å². The molecule has 0 spiro atoms. The lowest BCUT2D eigenvalue weighted by molar-refractivity contribution is 1.05. The van der Waals surface area contributed by atoms with E-state index in [0.29, 0.717) is 28.1 Å². The van der Waals surface area contributed by atoms with E-state index in [2.05, 4.69) is 0 Å². The number of anilines is 1. The Morgan fingerprint density at radius 1 is 0.944 bits per heavy atom. The maximum Gasteiger partial charge on any atom is 0.133 e. The smallest absolute Gasteiger partial charge is 0.133 e. The fourth-order valence-electron chi connectivity index (χ4n) is 2.22. The minimum absolute atomic E-state index is 0.445. The molecule has 0 atom stereocenters. The Morgan fingerprint density at radius 3 is 2.28 bits per heavy atom. The van der Waals surface area contributed by atoms with Crippen LogP contribution in [-0.2, 0) is 6.54 Å². The number of nitrogens with one attached hydrogen (secondary N) is 1. The highest BCUT2D eigenvalue weighted by Gasteiger charge is 2.27. The van der Waals surface area contributed by atoms with Gasteiger partial charge in [0, 0.05) is 5.56 Å². The predicted molar refractivity (Wildman–Crippen MR) is 75.9 cm³/mol. The lowest BCUT2D eigenvalue weighted by atomic mass is 10.1. The molecule has 1 aliphatic heterocycles. The van der Waals surface area contributed by atoms with Crippen LogP contribution in [0.5, 0.6) is 0 Å². The van der Waals surface area contributed by atoms with Crippen LogP contribution >= 0.6 is 23.2 Å². The van der Waals surface area contributed by atoms with Gasteiger partial charge in [0.15, 0.2) is 0 Å². The first kappa shape index (κ1) is 11.6. The van der Waals surface area contributed by atoms with Gasteiger partial charge in [-0.2, -0.15) is 0 Å². The van der Waals surface area contributed by atoms with Crippen molar-refractivity contribution in [3.63, 3.8) is 0 Å². The lowest BCUT2D eigenvalue weighted by Gasteiger charge is -2.20. The van der Waals surface area contributed by atoms with Crippen LogP contribution < -0.4 is 4.90 Å². The van der Waals surface area contributed by atoms with Gasteiger partial charge in [-0.25, -0.2) is 0 Å². The third-order valence-corrected chi connectivity index (χ3v) is 3.69. The minimum Gasteiger partial charge on any atom is -0.319 e. The van der Waals surface area contributed by atoms with Crippen molar-refractivity contribution in [2.45, 2.75) is 6.54 Å². The Morgan fingerprint density at radius 2 is 1.61 bits per heavy atom. The number of amidine groups is 1. The Kier molecular flexibility index (Phi) is 2.77. The number of nitrogens with zero attached hydrogens (tertiary/aromatic N) is 1. The summed E-state index contributed by atoms with van der Waals surface area (Å²) in [6, 6.07) is 13.3.